The third-order valence-corrected chi connectivity index (χ3v) is 4.40. The highest BCUT2D eigenvalue weighted by Crippen LogP contribution is 2.25. The van der Waals surface area contributed by atoms with Gasteiger partial charge in [0.05, 0.1) is 16.3 Å². The normalized spacial score (nSPS) is 22.0. The standard InChI is InChI=1S/C15H17BN4O3/c1-8-18-10-5-2-4-9(17)12(10)13(22)20(8)15(16)7-3-6-11(21)19-14(15)23/h2,4-5H,3,6-7,16-17H2,1H3,(H,19,21,23)/t15-/m1/s1. The molecule has 1 saturated heterocycles. The van der Waals surface area contributed by atoms with Crippen LogP contribution in [0.15, 0.2) is 23.0 Å². The number of aryl methyl sites for hydroxylation is 1. The molecular formula is C15H17BN4O3. The number of carbonyl (C=O) groups is 2. The highest BCUT2D eigenvalue weighted by atomic mass is 16.2. The minimum absolute atomic E-state index is 0.262. The zero-order valence-electron chi connectivity index (χ0n) is 13.0. The second-order valence-corrected chi connectivity index (χ2v) is 6.05. The van der Waals surface area contributed by atoms with E-state index in [1.165, 1.54) is 4.57 Å². The molecular weight excluding hydrogens is 295 g/mol. The summed E-state index contributed by atoms with van der Waals surface area (Å²) >= 11 is 0. The van der Waals surface area contributed by atoms with E-state index in [9.17, 15) is 14.4 Å². The van der Waals surface area contributed by atoms with Gasteiger partial charge in [-0.15, -0.1) is 0 Å². The SMILES string of the molecule is B[C@@]1(n2c(C)nc3cccc(N)c3c2=O)CCCC(=O)NC1=O. The second kappa shape index (κ2) is 5.22. The number of fused-ring (bicyclic) bond motifs is 1. The Morgan fingerprint density at radius 2 is 2.09 bits per heavy atom. The fourth-order valence-electron chi connectivity index (χ4n) is 3.19. The molecule has 2 heterocycles. The topological polar surface area (TPSA) is 107 Å². The minimum Gasteiger partial charge on any atom is -0.398 e. The van der Waals surface area contributed by atoms with Crippen molar-refractivity contribution in [3.05, 3.63) is 34.4 Å². The molecule has 0 spiro atoms. The van der Waals surface area contributed by atoms with Gasteiger partial charge in [0.25, 0.3) is 5.56 Å². The first-order chi connectivity index (χ1) is 10.8. The van der Waals surface area contributed by atoms with Crippen molar-refractivity contribution in [2.75, 3.05) is 5.73 Å². The Morgan fingerprint density at radius 3 is 2.83 bits per heavy atom. The number of imide groups is 1. The van der Waals surface area contributed by atoms with Crippen LogP contribution in [0, 0.1) is 6.92 Å². The number of nitrogens with one attached hydrogen (secondary N) is 1. The third kappa shape index (κ3) is 2.30. The minimum atomic E-state index is -1.17. The van der Waals surface area contributed by atoms with Crippen molar-refractivity contribution in [3.8, 4) is 0 Å². The van der Waals surface area contributed by atoms with Gasteiger partial charge in [-0.1, -0.05) is 6.07 Å². The Kier molecular flexibility index (Phi) is 3.47. The van der Waals surface area contributed by atoms with E-state index in [0.29, 0.717) is 35.3 Å². The number of nitrogen functional groups attached to an aromatic ring is 1. The maximum Gasteiger partial charge on any atom is 0.263 e. The zero-order chi connectivity index (χ0) is 16.8. The number of anilines is 1. The molecule has 2 amide bonds. The fourth-order valence-corrected chi connectivity index (χ4v) is 3.19. The zero-order valence-corrected chi connectivity index (χ0v) is 13.0. The number of rotatable bonds is 1. The number of hydrogen-bond acceptors (Lipinski definition) is 5. The number of hydrogen-bond donors (Lipinski definition) is 2. The van der Waals surface area contributed by atoms with Crippen molar-refractivity contribution in [2.45, 2.75) is 31.6 Å². The van der Waals surface area contributed by atoms with Gasteiger partial charge in [0, 0.05) is 12.1 Å². The maximum absolute atomic E-state index is 13.0. The second-order valence-electron chi connectivity index (χ2n) is 6.05. The Hall–Kier alpha value is -2.64. The summed E-state index contributed by atoms with van der Waals surface area (Å²) in [5.41, 5.74) is 5.21. The van der Waals surface area contributed by atoms with Gasteiger partial charge in [-0.25, -0.2) is 4.98 Å². The number of carbonyl (C=O) groups excluding carboxylic acids is 2. The smallest absolute Gasteiger partial charge is 0.263 e. The first-order valence-corrected chi connectivity index (χ1v) is 7.47. The van der Waals surface area contributed by atoms with Gasteiger partial charge in [0.15, 0.2) is 0 Å². The molecule has 0 saturated carbocycles. The quantitative estimate of drug-likeness (QED) is 0.415. The maximum atomic E-state index is 13.0. The lowest BCUT2D eigenvalue weighted by molar-refractivity contribution is -0.132. The Labute approximate surface area is 133 Å². The molecule has 118 valence electrons. The Balaban J connectivity index is 2.31. The molecule has 1 aliphatic heterocycles. The lowest BCUT2D eigenvalue weighted by atomic mass is 9.73. The Morgan fingerprint density at radius 1 is 1.35 bits per heavy atom. The van der Waals surface area contributed by atoms with E-state index in [-0.39, 0.29) is 17.9 Å². The lowest BCUT2D eigenvalue weighted by Gasteiger charge is -2.30. The highest BCUT2D eigenvalue weighted by Gasteiger charge is 2.40. The molecule has 2 aromatic rings. The summed E-state index contributed by atoms with van der Waals surface area (Å²) in [6.07, 6.45) is 1.16. The number of benzene rings is 1. The van der Waals surface area contributed by atoms with Crippen LogP contribution in [-0.2, 0) is 15.0 Å². The van der Waals surface area contributed by atoms with Crippen LogP contribution < -0.4 is 16.6 Å². The van der Waals surface area contributed by atoms with Crippen LogP contribution in [0.5, 0.6) is 0 Å². The van der Waals surface area contributed by atoms with E-state index in [0.717, 1.165) is 0 Å². The highest BCUT2D eigenvalue weighted by molar-refractivity contribution is 6.28. The third-order valence-electron chi connectivity index (χ3n) is 4.40. The van der Waals surface area contributed by atoms with E-state index in [1.54, 1.807) is 33.0 Å². The molecule has 23 heavy (non-hydrogen) atoms. The molecule has 0 bridgehead atoms. The molecule has 1 fully saturated rings. The lowest BCUT2D eigenvalue weighted by Crippen LogP contribution is -2.54. The van der Waals surface area contributed by atoms with Gasteiger partial charge in [0.1, 0.15) is 13.7 Å². The fraction of sp³-hybridized carbons (Fsp3) is 0.333. The van der Waals surface area contributed by atoms with Gasteiger partial charge < -0.3 is 5.73 Å². The van der Waals surface area contributed by atoms with Crippen molar-refractivity contribution in [1.82, 2.24) is 14.9 Å². The van der Waals surface area contributed by atoms with Crippen LogP contribution in [-0.4, -0.2) is 29.2 Å². The van der Waals surface area contributed by atoms with Crippen LogP contribution in [0.3, 0.4) is 0 Å². The number of nitrogens with two attached hydrogens (primary N) is 1. The molecule has 8 heteroatoms. The molecule has 0 radical (unpaired) electrons. The van der Waals surface area contributed by atoms with Crippen molar-refractivity contribution in [1.29, 1.82) is 0 Å². The van der Waals surface area contributed by atoms with Gasteiger partial charge in [-0.2, -0.15) is 0 Å². The van der Waals surface area contributed by atoms with Crippen LogP contribution in [0.4, 0.5) is 5.69 Å². The van der Waals surface area contributed by atoms with Crippen LogP contribution in [0.2, 0.25) is 0 Å². The van der Waals surface area contributed by atoms with Crippen molar-refractivity contribution < 1.29 is 9.59 Å². The molecule has 3 N–H and O–H groups in total. The summed E-state index contributed by atoms with van der Waals surface area (Å²) in [6.45, 7) is 1.68. The van der Waals surface area contributed by atoms with Crippen molar-refractivity contribution in [2.24, 2.45) is 0 Å². The average molecular weight is 312 g/mol. The van der Waals surface area contributed by atoms with Gasteiger partial charge in [0.2, 0.25) is 11.8 Å². The first-order valence-electron chi connectivity index (χ1n) is 7.47. The summed E-state index contributed by atoms with van der Waals surface area (Å²) in [5, 5.41) is 2.65. The first kappa shape index (κ1) is 15.3. The molecule has 1 atom stereocenters. The monoisotopic (exact) mass is 312 g/mol. The molecule has 0 unspecified atom stereocenters. The molecule has 1 aliphatic rings. The molecule has 0 aliphatic carbocycles. The summed E-state index contributed by atoms with van der Waals surface area (Å²) in [5.74, 6) is -0.390. The van der Waals surface area contributed by atoms with E-state index in [2.05, 4.69) is 10.3 Å². The van der Waals surface area contributed by atoms with Gasteiger partial charge >= 0.3 is 0 Å². The summed E-state index contributed by atoms with van der Waals surface area (Å²) < 4.78 is 1.36. The average Bonchev–Trinajstić information content (AvgIpc) is 2.58. The van der Waals surface area contributed by atoms with Crippen molar-refractivity contribution in [3.63, 3.8) is 0 Å². The summed E-state index contributed by atoms with van der Waals surface area (Å²) in [4.78, 5) is 41.5. The van der Waals surface area contributed by atoms with E-state index < -0.39 is 11.3 Å². The predicted molar refractivity (Wildman–Crippen MR) is 88.7 cm³/mol. The van der Waals surface area contributed by atoms with Gasteiger partial charge in [-0.05, 0) is 31.9 Å². The van der Waals surface area contributed by atoms with Crippen LogP contribution >= 0.6 is 0 Å². The molecule has 1 aromatic heterocycles. The summed E-state index contributed by atoms with van der Waals surface area (Å²) in [6, 6.07) is 5.07. The Bertz CT molecular complexity index is 892. The molecule has 7 nitrogen and oxygen atoms in total. The molecule has 3 rings (SSSR count). The van der Waals surface area contributed by atoms with Crippen LogP contribution in [0.1, 0.15) is 25.1 Å². The number of aromatic nitrogens is 2. The van der Waals surface area contributed by atoms with Gasteiger partial charge in [-0.3, -0.25) is 24.3 Å². The van der Waals surface area contributed by atoms with Crippen molar-refractivity contribution >= 4 is 36.3 Å². The molecule has 1 aromatic carbocycles. The van der Waals surface area contributed by atoms with E-state index in [1.807, 2.05) is 0 Å². The predicted octanol–water partition coefficient (Wildman–Crippen LogP) is -0.600. The largest absolute Gasteiger partial charge is 0.398 e. The summed E-state index contributed by atoms with van der Waals surface area (Å²) in [7, 11) is 1.65. The van der Waals surface area contributed by atoms with E-state index in [4.69, 9.17) is 5.73 Å². The number of amides is 2. The van der Waals surface area contributed by atoms with Crippen LogP contribution in [0.25, 0.3) is 10.9 Å². The van der Waals surface area contributed by atoms with E-state index >= 15 is 0 Å². The number of nitrogens with zero attached hydrogens (tertiary/aromatic N) is 2.